The van der Waals surface area contributed by atoms with Gasteiger partial charge in [0.2, 0.25) is 15.9 Å². The van der Waals surface area contributed by atoms with Crippen LogP contribution < -0.4 is 0 Å². The van der Waals surface area contributed by atoms with Gasteiger partial charge in [-0.15, -0.1) is 0 Å². The predicted molar refractivity (Wildman–Crippen MR) is 77.6 cm³/mol. The maximum absolute atomic E-state index is 12.3. The second kappa shape index (κ2) is 6.24. The summed E-state index contributed by atoms with van der Waals surface area (Å²) in [5, 5.41) is 8.73. The molecule has 0 atom stereocenters. The Morgan fingerprint density at radius 1 is 1.19 bits per heavy atom. The number of benzene rings is 1. The molecule has 1 saturated heterocycles. The van der Waals surface area contributed by atoms with Crippen LogP contribution in [-0.4, -0.2) is 49.7 Å². The summed E-state index contributed by atoms with van der Waals surface area (Å²) >= 11 is 0. The van der Waals surface area contributed by atoms with E-state index in [4.69, 9.17) is 5.26 Å². The molecular weight excluding hydrogens is 290 g/mol. The van der Waals surface area contributed by atoms with Crippen LogP contribution >= 0.6 is 0 Å². The zero-order valence-electron chi connectivity index (χ0n) is 11.8. The van der Waals surface area contributed by atoms with Gasteiger partial charge < -0.3 is 4.90 Å². The maximum Gasteiger partial charge on any atom is 0.219 e. The van der Waals surface area contributed by atoms with Crippen LogP contribution in [0.2, 0.25) is 0 Å². The quantitative estimate of drug-likeness (QED) is 0.816. The molecular formula is C14H17N3O3S. The molecule has 0 saturated carbocycles. The highest BCUT2D eigenvalue weighted by Crippen LogP contribution is 2.14. The van der Waals surface area contributed by atoms with Gasteiger partial charge in [-0.25, -0.2) is 8.42 Å². The predicted octanol–water partition coefficient (Wildman–Crippen LogP) is 0.552. The third-order valence-electron chi connectivity index (χ3n) is 3.51. The first-order chi connectivity index (χ1) is 9.92. The van der Waals surface area contributed by atoms with Crippen LogP contribution in [0.3, 0.4) is 0 Å². The number of amides is 1. The first-order valence-corrected chi connectivity index (χ1v) is 8.25. The van der Waals surface area contributed by atoms with E-state index in [1.165, 1.54) is 11.2 Å². The summed E-state index contributed by atoms with van der Waals surface area (Å²) in [6, 6.07) is 8.53. The van der Waals surface area contributed by atoms with Crippen LogP contribution in [0.1, 0.15) is 18.1 Å². The van der Waals surface area contributed by atoms with Crippen molar-refractivity contribution in [2.45, 2.75) is 12.7 Å². The number of hydrogen-bond acceptors (Lipinski definition) is 4. The van der Waals surface area contributed by atoms with Gasteiger partial charge in [-0.3, -0.25) is 4.79 Å². The van der Waals surface area contributed by atoms with Gasteiger partial charge in [0.05, 0.1) is 17.4 Å². The Labute approximate surface area is 124 Å². The van der Waals surface area contributed by atoms with Gasteiger partial charge >= 0.3 is 0 Å². The molecule has 1 aliphatic heterocycles. The van der Waals surface area contributed by atoms with Crippen molar-refractivity contribution in [2.24, 2.45) is 0 Å². The molecule has 2 rings (SSSR count). The number of rotatable bonds is 3. The van der Waals surface area contributed by atoms with Gasteiger partial charge in [0, 0.05) is 33.1 Å². The van der Waals surface area contributed by atoms with Gasteiger partial charge in [-0.2, -0.15) is 9.57 Å². The molecule has 0 aliphatic carbocycles. The summed E-state index contributed by atoms with van der Waals surface area (Å²) in [6.07, 6.45) is 0. The lowest BCUT2D eigenvalue weighted by Crippen LogP contribution is -2.50. The fraction of sp³-hybridized carbons (Fsp3) is 0.429. The molecule has 6 nitrogen and oxygen atoms in total. The second-order valence-electron chi connectivity index (χ2n) is 4.97. The number of hydrogen-bond donors (Lipinski definition) is 0. The van der Waals surface area contributed by atoms with Crippen molar-refractivity contribution >= 4 is 15.9 Å². The monoisotopic (exact) mass is 307 g/mol. The van der Waals surface area contributed by atoms with Crippen LogP contribution in [0, 0.1) is 11.3 Å². The number of carbonyl (C=O) groups excluding carboxylic acids is 1. The Kier molecular flexibility index (Phi) is 4.60. The molecule has 7 heteroatoms. The molecule has 0 bridgehead atoms. The first kappa shape index (κ1) is 15.5. The average molecular weight is 307 g/mol. The highest BCUT2D eigenvalue weighted by Gasteiger charge is 2.27. The third-order valence-corrected chi connectivity index (χ3v) is 5.36. The average Bonchev–Trinajstić information content (AvgIpc) is 2.48. The summed E-state index contributed by atoms with van der Waals surface area (Å²) in [5.74, 6) is -0.113. The highest BCUT2D eigenvalue weighted by molar-refractivity contribution is 7.88. The van der Waals surface area contributed by atoms with Gasteiger partial charge in [-0.1, -0.05) is 12.1 Å². The van der Waals surface area contributed by atoms with E-state index in [1.54, 1.807) is 29.2 Å². The summed E-state index contributed by atoms with van der Waals surface area (Å²) in [5.41, 5.74) is 1.16. The standard InChI is InChI=1S/C14H17N3O3S/c1-12(18)16-6-8-17(9-7-16)21(19,20)11-14-4-2-13(10-15)3-5-14/h2-5H,6-9,11H2,1H3. The van der Waals surface area contributed by atoms with Crippen LogP contribution in [0.15, 0.2) is 24.3 Å². The number of sulfonamides is 1. The molecule has 0 N–H and O–H groups in total. The van der Waals surface area contributed by atoms with Gasteiger partial charge in [0.15, 0.2) is 0 Å². The molecule has 1 heterocycles. The largest absolute Gasteiger partial charge is 0.340 e. The Morgan fingerprint density at radius 3 is 2.24 bits per heavy atom. The molecule has 1 aliphatic rings. The molecule has 0 spiro atoms. The second-order valence-corrected chi connectivity index (χ2v) is 6.94. The molecule has 0 radical (unpaired) electrons. The van der Waals surface area contributed by atoms with E-state index in [-0.39, 0.29) is 11.7 Å². The van der Waals surface area contributed by atoms with E-state index < -0.39 is 10.0 Å². The van der Waals surface area contributed by atoms with E-state index in [0.717, 1.165) is 0 Å². The Hall–Kier alpha value is -1.91. The minimum absolute atomic E-state index is 0.0286. The summed E-state index contributed by atoms with van der Waals surface area (Å²) in [4.78, 5) is 12.9. The SMILES string of the molecule is CC(=O)N1CCN(S(=O)(=O)Cc2ccc(C#N)cc2)CC1. The van der Waals surface area contributed by atoms with Crippen molar-refractivity contribution in [3.63, 3.8) is 0 Å². The molecule has 1 aromatic carbocycles. The lowest BCUT2D eigenvalue weighted by molar-refractivity contribution is -0.129. The van der Waals surface area contributed by atoms with Crippen molar-refractivity contribution in [1.82, 2.24) is 9.21 Å². The third kappa shape index (κ3) is 3.80. The molecule has 0 unspecified atom stereocenters. The van der Waals surface area contributed by atoms with Crippen LogP contribution in [0.5, 0.6) is 0 Å². The highest BCUT2D eigenvalue weighted by atomic mass is 32.2. The molecule has 21 heavy (non-hydrogen) atoms. The van der Waals surface area contributed by atoms with Crippen molar-refractivity contribution in [3.8, 4) is 6.07 Å². The number of nitriles is 1. The van der Waals surface area contributed by atoms with Crippen molar-refractivity contribution in [1.29, 1.82) is 5.26 Å². The zero-order valence-corrected chi connectivity index (χ0v) is 12.6. The lowest BCUT2D eigenvalue weighted by Gasteiger charge is -2.33. The molecule has 0 aromatic heterocycles. The minimum atomic E-state index is -3.39. The Bertz CT molecular complexity index is 654. The smallest absolute Gasteiger partial charge is 0.219 e. The topological polar surface area (TPSA) is 81.5 Å². The van der Waals surface area contributed by atoms with Gasteiger partial charge in [0.25, 0.3) is 0 Å². The van der Waals surface area contributed by atoms with E-state index in [1.807, 2.05) is 6.07 Å². The summed E-state index contributed by atoms with van der Waals surface area (Å²) in [6.45, 7) is 3.02. The maximum atomic E-state index is 12.3. The van der Waals surface area contributed by atoms with Crippen molar-refractivity contribution in [3.05, 3.63) is 35.4 Å². The molecule has 1 amide bonds. The van der Waals surface area contributed by atoms with E-state index in [0.29, 0.717) is 37.3 Å². The fourth-order valence-corrected chi connectivity index (χ4v) is 3.77. The van der Waals surface area contributed by atoms with Gasteiger partial charge in [-0.05, 0) is 17.7 Å². The Balaban J connectivity index is 2.02. The van der Waals surface area contributed by atoms with Crippen LogP contribution in [0.25, 0.3) is 0 Å². The van der Waals surface area contributed by atoms with Crippen LogP contribution in [0.4, 0.5) is 0 Å². The lowest BCUT2D eigenvalue weighted by atomic mass is 10.2. The minimum Gasteiger partial charge on any atom is -0.340 e. The number of carbonyl (C=O) groups is 1. The molecule has 1 aromatic rings. The zero-order chi connectivity index (χ0) is 15.5. The number of piperazine rings is 1. The van der Waals surface area contributed by atoms with Crippen molar-refractivity contribution in [2.75, 3.05) is 26.2 Å². The molecule has 1 fully saturated rings. The molecule has 112 valence electrons. The van der Waals surface area contributed by atoms with Gasteiger partial charge in [0.1, 0.15) is 0 Å². The summed E-state index contributed by atoms with van der Waals surface area (Å²) in [7, 11) is -3.39. The normalized spacial score (nSPS) is 16.5. The number of nitrogens with zero attached hydrogens (tertiary/aromatic N) is 3. The van der Waals surface area contributed by atoms with Crippen molar-refractivity contribution < 1.29 is 13.2 Å². The van der Waals surface area contributed by atoms with E-state index in [2.05, 4.69) is 0 Å². The summed E-state index contributed by atoms with van der Waals surface area (Å²) < 4.78 is 26.1. The van der Waals surface area contributed by atoms with E-state index in [9.17, 15) is 13.2 Å². The fourth-order valence-electron chi connectivity index (χ4n) is 2.26. The first-order valence-electron chi connectivity index (χ1n) is 6.65. The van der Waals surface area contributed by atoms with Crippen LogP contribution in [-0.2, 0) is 20.6 Å². The van der Waals surface area contributed by atoms with E-state index >= 15 is 0 Å². The Morgan fingerprint density at radius 2 is 1.76 bits per heavy atom.